The minimum atomic E-state index is 0.0444. The Hall–Kier alpha value is -1.14. The Morgan fingerprint density at radius 1 is 1.33 bits per heavy atom. The summed E-state index contributed by atoms with van der Waals surface area (Å²) in [5.74, 6) is 0.881. The van der Waals surface area contributed by atoms with Crippen LogP contribution in [0.1, 0.15) is 20.3 Å². The molecule has 0 aliphatic rings. The molecule has 0 aliphatic carbocycles. The zero-order valence-corrected chi connectivity index (χ0v) is 9.88. The molecule has 2 nitrogen and oxygen atoms in total. The van der Waals surface area contributed by atoms with Gasteiger partial charge in [0.05, 0.1) is 17.9 Å². The van der Waals surface area contributed by atoms with Crippen molar-refractivity contribution in [2.24, 2.45) is 0 Å². The highest BCUT2D eigenvalue weighted by atomic mass is 32.2. The van der Waals surface area contributed by atoms with Crippen LogP contribution in [0.15, 0.2) is 29.2 Å². The maximum absolute atomic E-state index is 8.83. The summed E-state index contributed by atoms with van der Waals surface area (Å²) in [6.45, 7) is 4.67. The molecule has 0 aliphatic heterocycles. The van der Waals surface area contributed by atoms with Gasteiger partial charge >= 0.3 is 0 Å². The van der Waals surface area contributed by atoms with Crippen LogP contribution in [0.2, 0.25) is 0 Å². The molecule has 80 valence electrons. The Balaban J connectivity index is 2.60. The normalized spacial score (nSPS) is 11.8. The van der Waals surface area contributed by atoms with Gasteiger partial charge in [0.1, 0.15) is 5.75 Å². The van der Waals surface area contributed by atoms with E-state index < -0.39 is 0 Å². The van der Waals surface area contributed by atoms with Crippen LogP contribution in [0.4, 0.5) is 0 Å². The molecule has 0 heterocycles. The van der Waals surface area contributed by atoms with E-state index >= 15 is 0 Å². The quantitative estimate of drug-likeness (QED) is 0.714. The lowest BCUT2D eigenvalue weighted by atomic mass is 10.3. The number of thioether (sulfide) groups is 1. The lowest BCUT2D eigenvalue weighted by Crippen LogP contribution is -1.95. The molecule has 0 N–H and O–H groups in total. The number of nitriles is 1. The third-order valence-corrected chi connectivity index (χ3v) is 3.20. The van der Waals surface area contributed by atoms with Crippen LogP contribution in [0.5, 0.6) is 5.75 Å². The molecule has 1 rings (SSSR count). The number of nitrogens with zero attached hydrogens (tertiary/aromatic N) is 1. The molecule has 3 heteroatoms. The van der Waals surface area contributed by atoms with E-state index in [0.29, 0.717) is 6.61 Å². The first kappa shape index (κ1) is 11.9. The van der Waals surface area contributed by atoms with Crippen LogP contribution in [-0.4, -0.2) is 11.9 Å². The molecule has 1 aromatic carbocycles. The monoisotopic (exact) mass is 221 g/mol. The molecular formula is C12H15NOS. The van der Waals surface area contributed by atoms with Crippen LogP contribution in [0.3, 0.4) is 0 Å². The fourth-order valence-corrected chi connectivity index (χ4v) is 1.99. The minimum absolute atomic E-state index is 0.0444. The first-order valence-electron chi connectivity index (χ1n) is 5.09. The van der Waals surface area contributed by atoms with Crippen LogP contribution >= 0.6 is 11.8 Å². The molecule has 1 unspecified atom stereocenters. The van der Waals surface area contributed by atoms with Gasteiger partial charge in [-0.2, -0.15) is 5.26 Å². The van der Waals surface area contributed by atoms with Gasteiger partial charge in [0.15, 0.2) is 0 Å². The predicted molar refractivity (Wildman–Crippen MR) is 63.2 cm³/mol. The second kappa shape index (κ2) is 6.36. The molecule has 0 fully saturated rings. The van der Waals surface area contributed by atoms with Crippen molar-refractivity contribution >= 4 is 11.8 Å². The van der Waals surface area contributed by atoms with Crippen molar-refractivity contribution in [3.8, 4) is 11.8 Å². The van der Waals surface area contributed by atoms with E-state index in [0.717, 1.165) is 17.1 Å². The first-order valence-corrected chi connectivity index (χ1v) is 5.97. The van der Waals surface area contributed by atoms with Crippen molar-refractivity contribution in [1.82, 2.24) is 0 Å². The van der Waals surface area contributed by atoms with Crippen molar-refractivity contribution in [1.29, 1.82) is 5.26 Å². The highest BCUT2D eigenvalue weighted by Crippen LogP contribution is 2.26. The van der Waals surface area contributed by atoms with Gasteiger partial charge < -0.3 is 4.74 Å². The SMILES string of the molecule is CCOc1ccc(SC(C#N)CC)cc1. The largest absolute Gasteiger partial charge is 0.494 e. The lowest BCUT2D eigenvalue weighted by Gasteiger charge is -2.07. The van der Waals surface area contributed by atoms with Crippen molar-refractivity contribution in [2.45, 2.75) is 30.4 Å². The van der Waals surface area contributed by atoms with Crippen molar-refractivity contribution in [3.05, 3.63) is 24.3 Å². The molecule has 0 aromatic heterocycles. The highest BCUT2D eigenvalue weighted by molar-refractivity contribution is 8.00. The summed E-state index contributed by atoms with van der Waals surface area (Å²) >= 11 is 1.60. The van der Waals surface area contributed by atoms with Gasteiger partial charge in [-0.1, -0.05) is 6.92 Å². The molecule has 15 heavy (non-hydrogen) atoms. The molecule has 0 bridgehead atoms. The van der Waals surface area contributed by atoms with E-state index in [2.05, 4.69) is 6.07 Å². The molecule has 0 amide bonds. The average Bonchev–Trinajstić information content (AvgIpc) is 2.28. The Kier molecular flexibility index (Phi) is 5.06. The van der Waals surface area contributed by atoms with Crippen molar-refractivity contribution in [2.75, 3.05) is 6.61 Å². The second-order valence-electron chi connectivity index (χ2n) is 3.05. The van der Waals surface area contributed by atoms with Crippen molar-refractivity contribution < 1.29 is 4.74 Å². The summed E-state index contributed by atoms with van der Waals surface area (Å²) in [7, 11) is 0. The van der Waals surface area contributed by atoms with E-state index in [-0.39, 0.29) is 5.25 Å². The van der Waals surface area contributed by atoms with E-state index in [9.17, 15) is 0 Å². The maximum Gasteiger partial charge on any atom is 0.119 e. The Labute approximate surface area is 95.3 Å². The van der Waals surface area contributed by atoms with Gasteiger partial charge in [0.2, 0.25) is 0 Å². The number of rotatable bonds is 5. The standard InChI is InChI=1S/C12H15NOS/c1-3-11(9-13)15-12-7-5-10(6-8-12)14-4-2/h5-8,11H,3-4H2,1-2H3. The molecule has 0 radical (unpaired) electrons. The average molecular weight is 221 g/mol. The van der Waals surface area contributed by atoms with E-state index in [4.69, 9.17) is 10.00 Å². The van der Waals surface area contributed by atoms with Gasteiger partial charge in [-0.25, -0.2) is 0 Å². The van der Waals surface area contributed by atoms with Crippen LogP contribution in [0.25, 0.3) is 0 Å². The first-order chi connectivity index (χ1) is 7.30. The predicted octanol–water partition coefficient (Wildman–Crippen LogP) is 3.48. The maximum atomic E-state index is 8.83. The number of hydrogen-bond donors (Lipinski definition) is 0. The zero-order chi connectivity index (χ0) is 11.1. The van der Waals surface area contributed by atoms with Gasteiger partial charge in [0.25, 0.3) is 0 Å². The Morgan fingerprint density at radius 2 is 2.00 bits per heavy atom. The molecular weight excluding hydrogens is 206 g/mol. The second-order valence-corrected chi connectivity index (χ2v) is 4.32. The van der Waals surface area contributed by atoms with E-state index in [1.807, 2.05) is 38.1 Å². The number of hydrogen-bond acceptors (Lipinski definition) is 3. The van der Waals surface area contributed by atoms with Gasteiger partial charge in [-0.05, 0) is 37.6 Å². The summed E-state index contributed by atoms with van der Waals surface area (Å²) < 4.78 is 5.34. The third-order valence-electron chi connectivity index (χ3n) is 1.93. The van der Waals surface area contributed by atoms with Crippen LogP contribution < -0.4 is 4.74 Å². The summed E-state index contributed by atoms with van der Waals surface area (Å²) in [6.07, 6.45) is 0.869. The third kappa shape index (κ3) is 3.85. The summed E-state index contributed by atoms with van der Waals surface area (Å²) in [5.41, 5.74) is 0. The summed E-state index contributed by atoms with van der Waals surface area (Å²) in [4.78, 5) is 1.12. The summed E-state index contributed by atoms with van der Waals surface area (Å²) in [6, 6.07) is 10.1. The van der Waals surface area contributed by atoms with E-state index in [1.165, 1.54) is 0 Å². The molecule has 0 saturated carbocycles. The minimum Gasteiger partial charge on any atom is -0.494 e. The van der Waals surface area contributed by atoms with Gasteiger partial charge in [-0.3, -0.25) is 0 Å². The van der Waals surface area contributed by atoms with Crippen LogP contribution in [0, 0.1) is 11.3 Å². The van der Waals surface area contributed by atoms with Gasteiger partial charge in [-0.15, -0.1) is 11.8 Å². The highest BCUT2D eigenvalue weighted by Gasteiger charge is 2.06. The number of ether oxygens (including phenoxy) is 1. The van der Waals surface area contributed by atoms with E-state index in [1.54, 1.807) is 11.8 Å². The fourth-order valence-electron chi connectivity index (χ4n) is 1.15. The molecule has 1 atom stereocenters. The van der Waals surface area contributed by atoms with Crippen molar-refractivity contribution in [3.63, 3.8) is 0 Å². The zero-order valence-electron chi connectivity index (χ0n) is 9.06. The molecule has 0 saturated heterocycles. The number of benzene rings is 1. The topological polar surface area (TPSA) is 33.0 Å². The van der Waals surface area contributed by atoms with Gasteiger partial charge in [0, 0.05) is 4.90 Å². The fraction of sp³-hybridized carbons (Fsp3) is 0.417. The Bertz CT molecular complexity index is 328. The van der Waals surface area contributed by atoms with Crippen LogP contribution in [-0.2, 0) is 0 Å². The smallest absolute Gasteiger partial charge is 0.119 e. The molecule has 0 spiro atoms. The lowest BCUT2D eigenvalue weighted by molar-refractivity contribution is 0.340. The molecule has 1 aromatic rings. The Morgan fingerprint density at radius 3 is 2.47 bits per heavy atom. The summed E-state index contributed by atoms with van der Waals surface area (Å²) in [5, 5.41) is 8.88.